The first-order chi connectivity index (χ1) is 9.95. The third-order valence-electron chi connectivity index (χ3n) is 3.76. The molecule has 1 unspecified atom stereocenters. The van der Waals surface area contributed by atoms with Crippen molar-refractivity contribution in [2.45, 2.75) is 31.6 Å². The molecule has 3 rings (SSSR count). The second-order valence-electron chi connectivity index (χ2n) is 6.42. The Labute approximate surface area is 135 Å². The highest BCUT2D eigenvalue weighted by molar-refractivity contribution is 7.19. The normalized spacial score (nSPS) is 13.5. The molecule has 0 spiro atoms. The predicted octanol–water partition coefficient (Wildman–Crippen LogP) is 6.53. The summed E-state index contributed by atoms with van der Waals surface area (Å²) in [4.78, 5) is 1.21. The second kappa shape index (κ2) is 5.47. The molecule has 0 radical (unpaired) electrons. The molecule has 0 aliphatic rings. The van der Waals surface area contributed by atoms with E-state index in [4.69, 9.17) is 11.6 Å². The van der Waals surface area contributed by atoms with Gasteiger partial charge in [-0.25, -0.2) is 0 Å². The van der Waals surface area contributed by atoms with E-state index in [9.17, 15) is 0 Å². The van der Waals surface area contributed by atoms with Gasteiger partial charge in [0.1, 0.15) is 0 Å². The highest BCUT2D eigenvalue weighted by atomic mass is 35.5. The van der Waals surface area contributed by atoms with Gasteiger partial charge < -0.3 is 0 Å². The largest absolute Gasteiger partial charge is 0.138 e. The lowest BCUT2D eigenvalue weighted by atomic mass is 9.86. The molecular weight excluding hydrogens is 296 g/mol. The van der Waals surface area contributed by atoms with Gasteiger partial charge in [-0.1, -0.05) is 63.2 Å². The first kappa shape index (κ1) is 14.6. The summed E-state index contributed by atoms with van der Waals surface area (Å²) >= 11 is 8.46. The maximum absolute atomic E-state index is 6.68. The summed E-state index contributed by atoms with van der Waals surface area (Å²) in [7, 11) is 0. The maximum Gasteiger partial charge on any atom is 0.0928 e. The molecule has 0 nitrogen and oxygen atoms in total. The molecule has 0 saturated heterocycles. The van der Waals surface area contributed by atoms with E-state index in [1.807, 2.05) is 0 Å². The van der Waals surface area contributed by atoms with Crippen molar-refractivity contribution in [1.29, 1.82) is 0 Å². The van der Waals surface area contributed by atoms with Gasteiger partial charge in [0.15, 0.2) is 0 Å². The van der Waals surface area contributed by atoms with Gasteiger partial charge in [-0.3, -0.25) is 0 Å². The fraction of sp³-hybridized carbons (Fsp3) is 0.263. The van der Waals surface area contributed by atoms with Crippen molar-refractivity contribution in [2.75, 3.05) is 0 Å². The van der Waals surface area contributed by atoms with E-state index < -0.39 is 0 Å². The van der Waals surface area contributed by atoms with Crippen LogP contribution in [-0.4, -0.2) is 0 Å². The fourth-order valence-corrected chi connectivity index (χ4v) is 3.86. The molecular formula is C19H19ClS. The van der Waals surface area contributed by atoms with E-state index in [0.29, 0.717) is 0 Å². The van der Waals surface area contributed by atoms with Crippen molar-refractivity contribution in [2.24, 2.45) is 0 Å². The van der Waals surface area contributed by atoms with Crippen molar-refractivity contribution in [1.82, 2.24) is 0 Å². The number of hydrogen-bond donors (Lipinski definition) is 0. The van der Waals surface area contributed by atoms with Crippen LogP contribution < -0.4 is 0 Å². The molecule has 1 aromatic heterocycles. The quantitative estimate of drug-likeness (QED) is 0.472. The molecule has 0 aliphatic heterocycles. The molecule has 0 aliphatic carbocycles. The standard InChI is InChI=1S/C19H19ClS/c1-19(2,3)15-10-8-13(9-11-15)18(20)17-12-14-6-4-5-7-16(14)21-17/h4-12,18H,1-3H3. The highest BCUT2D eigenvalue weighted by Crippen LogP contribution is 2.37. The Balaban J connectivity index is 1.92. The number of thiophene rings is 1. The average Bonchev–Trinajstić information content (AvgIpc) is 2.89. The van der Waals surface area contributed by atoms with E-state index in [0.717, 1.165) is 5.56 Å². The van der Waals surface area contributed by atoms with Crippen LogP contribution in [0, 0.1) is 0 Å². The van der Waals surface area contributed by atoms with E-state index in [1.54, 1.807) is 11.3 Å². The van der Waals surface area contributed by atoms with Crippen molar-refractivity contribution < 1.29 is 0 Å². The number of alkyl halides is 1. The van der Waals surface area contributed by atoms with Gasteiger partial charge >= 0.3 is 0 Å². The third-order valence-corrected chi connectivity index (χ3v) is 5.56. The summed E-state index contributed by atoms with van der Waals surface area (Å²) < 4.78 is 1.30. The Kier molecular flexibility index (Phi) is 3.81. The number of hydrogen-bond acceptors (Lipinski definition) is 1. The topological polar surface area (TPSA) is 0 Å². The number of fused-ring (bicyclic) bond motifs is 1. The average molecular weight is 315 g/mol. The first-order valence-corrected chi connectivity index (χ1v) is 8.43. The molecule has 0 bridgehead atoms. The van der Waals surface area contributed by atoms with Gasteiger partial charge in [-0.05, 0) is 34.1 Å². The van der Waals surface area contributed by atoms with E-state index in [1.165, 1.54) is 20.5 Å². The molecule has 108 valence electrons. The van der Waals surface area contributed by atoms with Crippen LogP contribution in [0.5, 0.6) is 0 Å². The zero-order valence-electron chi connectivity index (χ0n) is 12.6. The van der Waals surface area contributed by atoms with Crippen molar-refractivity contribution in [3.63, 3.8) is 0 Å². The van der Waals surface area contributed by atoms with Crippen molar-refractivity contribution in [3.8, 4) is 0 Å². The van der Waals surface area contributed by atoms with E-state index in [-0.39, 0.29) is 10.8 Å². The van der Waals surface area contributed by atoms with Crippen molar-refractivity contribution >= 4 is 33.0 Å². The zero-order chi connectivity index (χ0) is 15.0. The van der Waals surface area contributed by atoms with Crippen LogP contribution in [0.15, 0.2) is 54.6 Å². The minimum atomic E-state index is -0.0728. The molecule has 1 heterocycles. The number of halogens is 1. The molecule has 21 heavy (non-hydrogen) atoms. The minimum Gasteiger partial charge on any atom is -0.138 e. The zero-order valence-corrected chi connectivity index (χ0v) is 14.1. The summed E-state index contributed by atoms with van der Waals surface area (Å²) in [6.45, 7) is 6.69. The minimum absolute atomic E-state index is 0.0728. The summed E-state index contributed by atoms with van der Waals surface area (Å²) in [5, 5.41) is 1.20. The van der Waals surface area contributed by atoms with Gasteiger partial charge in [0.2, 0.25) is 0 Å². The summed E-state index contributed by atoms with van der Waals surface area (Å²) in [6, 6.07) is 19.3. The summed E-state index contributed by atoms with van der Waals surface area (Å²) in [5.41, 5.74) is 2.68. The summed E-state index contributed by atoms with van der Waals surface area (Å²) in [6.07, 6.45) is 0. The van der Waals surface area contributed by atoms with Crippen LogP contribution in [0.25, 0.3) is 10.1 Å². The van der Waals surface area contributed by atoms with Gasteiger partial charge in [0, 0.05) is 9.58 Å². The number of benzene rings is 2. The van der Waals surface area contributed by atoms with Gasteiger partial charge in [-0.15, -0.1) is 22.9 Å². The lowest BCUT2D eigenvalue weighted by Crippen LogP contribution is -2.10. The Morgan fingerprint density at radius 1 is 0.952 bits per heavy atom. The molecule has 1 atom stereocenters. The van der Waals surface area contributed by atoms with Gasteiger partial charge in [0.05, 0.1) is 5.38 Å². The lowest BCUT2D eigenvalue weighted by molar-refractivity contribution is 0.590. The Hall–Kier alpha value is -1.31. The first-order valence-electron chi connectivity index (χ1n) is 7.18. The molecule has 2 aromatic carbocycles. The van der Waals surface area contributed by atoms with Crippen LogP contribution in [0.3, 0.4) is 0 Å². The smallest absolute Gasteiger partial charge is 0.0928 e. The molecule has 0 amide bonds. The van der Waals surface area contributed by atoms with Crippen LogP contribution in [0.4, 0.5) is 0 Å². The van der Waals surface area contributed by atoms with Crippen molar-refractivity contribution in [3.05, 3.63) is 70.6 Å². The second-order valence-corrected chi connectivity index (χ2v) is 7.97. The highest BCUT2D eigenvalue weighted by Gasteiger charge is 2.17. The molecule has 3 aromatic rings. The van der Waals surface area contributed by atoms with Crippen LogP contribution in [0.2, 0.25) is 0 Å². The van der Waals surface area contributed by atoms with E-state index in [2.05, 4.69) is 75.4 Å². The Morgan fingerprint density at radius 2 is 1.62 bits per heavy atom. The summed E-state index contributed by atoms with van der Waals surface area (Å²) in [5.74, 6) is 0. The van der Waals surface area contributed by atoms with Crippen LogP contribution in [0.1, 0.15) is 42.2 Å². The maximum atomic E-state index is 6.68. The SMILES string of the molecule is CC(C)(C)c1ccc(C(Cl)c2cc3ccccc3s2)cc1. The predicted molar refractivity (Wildman–Crippen MR) is 94.7 cm³/mol. The monoisotopic (exact) mass is 314 g/mol. The van der Waals surface area contributed by atoms with Gasteiger partial charge in [0.25, 0.3) is 0 Å². The van der Waals surface area contributed by atoms with Crippen LogP contribution >= 0.6 is 22.9 Å². The Bertz CT molecular complexity index is 714. The molecule has 0 fully saturated rings. The number of rotatable bonds is 2. The molecule has 2 heteroatoms. The third kappa shape index (κ3) is 3.00. The fourth-order valence-electron chi connectivity index (χ4n) is 2.44. The van der Waals surface area contributed by atoms with Crippen LogP contribution in [-0.2, 0) is 5.41 Å². The Morgan fingerprint density at radius 3 is 2.24 bits per heavy atom. The lowest BCUT2D eigenvalue weighted by Gasteiger charge is -2.19. The molecule has 0 saturated carbocycles. The van der Waals surface area contributed by atoms with Gasteiger partial charge in [-0.2, -0.15) is 0 Å². The van der Waals surface area contributed by atoms with E-state index >= 15 is 0 Å². The molecule has 0 N–H and O–H groups in total.